The van der Waals surface area contributed by atoms with Gasteiger partial charge < -0.3 is 4.90 Å². The molecule has 1 aliphatic rings. The molecule has 0 aliphatic carbocycles. The van der Waals surface area contributed by atoms with E-state index in [0.717, 1.165) is 38.8 Å². The van der Waals surface area contributed by atoms with E-state index in [2.05, 4.69) is 9.97 Å². The lowest BCUT2D eigenvalue weighted by atomic mass is 10.2. The molecule has 6 nitrogen and oxygen atoms in total. The van der Waals surface area contributed by atoms with Crippen LogP contribution in [0.3, 0.4) is 0 Å². The van der Waals surface area contributed by atoms with E-state index in [-0.39, 0.29) is 11.0 Å². The number of rotatable bonds is 2. The first-order chi connectivity index (χ1) is 8.59. The monoisotopic (exact) mass is 270 g/mol. The third-order valence-corrected chi connectivity index (χ3v) is 3.27. The van der Waals surface area contributed by atoms with Crippen LogP contribution in [0, 0.1) is 17.0 Å². The average Bonchev–Trinajstić information content (AvgIpc) is 2.55. The highest BCUT2D eigenvalue weighted by molar-refractivity contribution is 6.28. The molecule has 1 aromatic rings. The van der Waals surface area contributed by atoms with Crippen LogP contribution < -0.4 is 4.90 Å². The van der Waals surface area contributed by atoms with E-state index in [1.807, 2.05) is 4.90 Å². The van der Waals surface area contributed by atoms with Gasteiger partial charge in [0.2, 0.25) is 11.1 Å². The first kappa shape index (κ1) is 13.0. The smallest absolute Gasteiger partial charge is 0.332 e. The number of hydrogen-bond donors (Lipinski definition) is 0. The number of hydrogen-bond acceptors (Lipinski definition) is 5. The number of nitro groups is 1. The topological polar surface area (TPSA) is 72.2 Å². The van der Waals surface area contributed by atoms with Crippen molar-refractivity contribution in [3.8, 4) is 0 Å². The summed E-state index contributed by atoms with van der Waals surface area (Å²) < 4.78 is 0. The molecule has 0 radical (unpaired) electrons. The molecule has 0 bridgehead atoms. The van der Waals surface area contributed by atoms with E-state index in [1.165, 1.54) is 0 Å². The van der Waals surface area contributed by atoms with Gasteiger partial charge in [-0.15, -0.1) is 0 Å². The van der Waals surface area contributed by atoms with Gasteiger partial charge in [0.05, 0.1) is 4.92 Å². The van der Waals surface area contributed by atoms with Crippen molar-refractivity contribution in [1.29, 1.82) is 0 Å². The normalized spacial score (nSPS) is 16.4. The van der Waals surface area contributed by atoms with Crippen molar-refractivity contribution < 1.29 is 4.92 Å². The second-order valence-corrected chi connectivity index (χ2v) is 4.75. The van der Waals surface area contributed by atoms with Gasteiger partial charge in [0, 0.05) is 13.1 Å². The summed E-state index contributed by atoms with van der Waals surface area (Å²) in [5, 5.41) is 11.2. The molecule has 1 fully saturated rings. The van der Waals surface area contributed by atoms with Gasteiger partial charge in [-0.05, 0) is 31.4 Å². The Labute approximate surface area is 110 Å². The molecule has 1 aliphatic heterocycles. The van der Waals surface area contributed by atoms with E-state index in [9.17, 15) is 10.1 Å². The quantitative estimate of drug-likeness (QED) is 0.469. The predicted molar refractivity (Wildman–Crippen MR) is 69.1 cm³/mol. The van der Waals surface area contributed by atoms with Crippen LogP contribution in [0.5, 0.6) is 0 Å². The highest BCUT2D eigenvalue weighted by atomic mass is 35.5. The highest BCUT2D eigenvalue weighted by Crippen LogP contribution is 2.31. The van der Waals surface area contributed by atoms with Crippen molar-refractivity contribution in [3.05, 3.63) is 21.1 Å². The summed E-state index contributed by atoms with van der Waals surface area (Å²) in [7, 11) is 0. The van der Waals surface area contributed by atoms with E-state index < -0.39 is 4.92 Å². The molecule has 2 rings (SSSR count). The van der Waals surface area contributed by atoms with Gasteiger partial charge in [0.25, 0.3) is 0 Å². The van der Waals surface area contributed by atoms with Crippen molar-refractivity contribution in [3.63, 3.8) is 0 Å². The number of nitrogens with zero attached hydrogens (tertiary/aromatic N) is 4. The van der Waals surface area contributed by atoms with Gasteiger partial charge in [-0.3, -0.25) is 10.1 Å². The Bertz CT molecular complexity index is 459. The summed E-state index contributed by atoms with van der Waals surface area (Å²) in [6.45, 7) is 3.16. The van der Waals surface area contributed by atoms with Crippen LogP contribution in [-0.2, 0) is 0 Å². The lowest BCUT2D eigenvalue weighted by molar-refractivity contribution is -0.385. The van der Waals surface area contributed by atoms with Crippen molar-refractivity contribution in [2.75, 3.05) is 18.0 Å². The molecule has 0 unspecified atom stereocenters. The second-order valence-electron chi connectivity index (χ2n) is 4.41. The van der Waals surface area contributed by atoms with Crippen LogP contribution in [-0.4, -0.2) is 28.0 Å². The fourth-order valence-corrected chi connectivity index (χ4v) is 2.44. The Hall–Kier alpha value is -1.43. The van der Waals surface area contributed by atoms with Gasteiger partial charge in [-0.2, -0.15) is 4.98 Å². The minimum atomic E-state index is -0.425. The molecule has 1 aromatic heterocycles. The van der Waals surface area contributed by atoms with Crippen molar-refractivity contribution in [2.45, 2.75) is 32.6 Å². The maximum Gasteiger partial charge on any atom is 0.332 e. The molecule has 2 heterocycles. The Morgan fingerprint density at radius 1 is 1.22 bits per heavy atom. The summed E-state index contributed by atoms with van der Waals surface area (Å²) in [4.78, 5) is 20.6. The molecule has 0 spiro atoms. The minimum Gasteiger partial charge on any atom is -0.351 e. The molecule has 0 aromatic carbocycles. The van der Waals surface area contributed by atoms with Gasteiger partial charge >= 0.3 is 5.69 Å². The Morgan fingerprint density at radius 3 is 2.39 bits per heavy atom. The molecule has 0 N–H and O–H groups in total. The van der Waals surface area contributed by atoms with Crippen LogP contribution >= 0.6 is 11.6 Å². The number of aryl methyl sites for hydroxylation is 1. The molecule has 0 amide bonds. The SMILES string of the molecule is Cc1nc(Cl)nc(N2CCCCCC2)c1[N+](=O)[O-]. The van der Waals surface area contributed by atoms with Gasteiger partial charge in [0.1, 0.15) is 5.69 Å². The summed E-state index contributed by atoms with van der Waals surface area (Å²) in [5.74, 6) is 0.361. The standard InChI is InChI=1S/C11H15ClN4O2/c1-8-9(16(17)18)10(14-11(12)13-8)15-6-4-2-3-5-7-15/h2-7H2,1H3. The number of aromatic nitrogens is 2. The van der Waals surface area contributed by atoms with Crippen LogP contribution in [0.15, 0.2) is 0 Å². The fraction of sp³-hybridized carbons (Fsp3) is 0.636. The molecular formula is C11H15ClN4O2. The van der Waals surface area contributed by atoms with Gasteiger partial charge in [0.15, 0.2) is 0 Å². The summed E-state index contributed by atoms with van der Waals surface area (Å²) in [6, 6.07) is 0. The zero-order chi connectivity index (χ0) is 13.1. The molecule has 0 saturated carbocycles. The van der Waals surface area contributed by atoms with Crippen LogP contribution in [0.25, 0.3) is 0 Å². The molecule has 18 heavy (non-hydrogen) atoms. The maximum atomic E-state index is 11.1. The largest absolute Gasteiger partial charge is 0.351 e. The number of halogens is 1. The minimum absolute atomic E-state index is 0.0266. The zero-order valence-corrected chi connectivity index (χ0v) is 11.0. The Morgan fingerprint density at radius 2 is 1.83 bits per heavy atom. The van der Waals surface area contributed by atoms with Gasteiger partial charge in [-0.1, -0.05) is 12.8 Å². The van der Waals surface area contributed by atoms with Crippen LogP contribution in [0.4, 0.5) is 11.5 Å². The molecule has 0 atom stereocenters. The van der Waals surface area contributed by atoms with E-state index in [1.54, 1.807) is 6.92 Å². The first-order valence-corrected chi connectivity index (χ1v) is 6.41. The fourth-order valence-electron chi connectivity index (χ4n) is 2.24. The molecule has 1 saturated heterocycles. The lowest BCUT2D eigenvalue weighted by Crippen LogP contribution is -2.26. The van der Waals surface area contributed by atoms with Crippen LogP contribution in [0.2, 0.25) is 5.28 Å². The third-order valence-electron chi connectivity index (χ3n) is 3.10. The summed E-state index contributed by atoms with van der Waals surface area (Å²) >= 11 is 5.82. The number of anilines is 1. The molecule has 7 heteroatoms. The second kappa shape index (κ2) is 5.48. The van der Waals surface area contributed by atoms with Gasteiger partial charge in [-0.25, -0.2) is 4.98 Å². The molecule has 98 valence electrons. The summed E-state index contributed by atoms with van der Waals surface area (Å²) in [6.07, 6.45) is 4.36. The van der Waals surface area contributed by atoms with Crippen molar-refractivity contribution in [2.24, 2.45) is 0 Å². The maximum absolute atomic E-state index is 11.1. The summed E-state index contributed by atoms with van der Waals surface area (Å²) in [5.41, 5.74) is 0.292. The average molecular weight is 271 g/mol. The third kappa shape index (κ3) is 2.69. The Kier molecular flexibility index (Phi) is 3.96. The van der Waals surface area contributed by atoms with E-state index >= 15 is 0 Å². The Balaban J connectivity index is 2.43. The van der Waals surface area contributed by atoms with Crippen molar-refractivity contribution in [1.82, 2.24) is 9.97 Å². The van der Waals surface area contributed by atoms with Crippen molar-refractivity contribution >= 4 is 23.1 Å². The van der Waals surface area contributed by atoms with Crippen LogP contribution in [0.1, 0.15) is 31.4 Å². The molecular weight excluding hydrogens is 256 g/mol. The highest BCUT2D eigenvalue weighted by Gasteiger charge is 2.26. The lowest BCUT2D eigenvalue weighted by Gasteiger charge is -2.21. The van der Waals surface area contributed by atoms with E-state index in [0.29, 0.717) is 11.5 Å². The van der Waals surface area contributed by atoms with E-state index in [4.69, 9.17) is 11.6 Å². The first-order valence-electron chi connectivity index (χ1n) is 6.03. The predicted octanol–water partition coefficient (Wildman–Crippen LogP) is 2.73. The zero-order valence-electron chi connectivity index (χ0n) is 10.2.